The molecule has 5 nitrogen and oxygen atoms in total. The van der Waals surface area contributed by atoms with Crippen molar-refractivity contribution in [2.24, 2.45) is 0 Å². The van der Waals surface area contributed by atoms with E-state index in [2.05, 4.69) is 0 Å². The fourth-order valence-electron chi connectivity index (χ4n) is 2.47. The number of rotatable bonds is 5. The van der Waals surface area contributed by atoms with E-state index in [4.69, 9.17) is 4.74 Å². The largest absolute Gasteiger partial charge is 0.465 e. The van der Waals surface area contributed by atoms with Gasteiger partial charge in [0.1, 0.15) is 0 Å². The molecule has 6 heteroatoms. The van der Waals surface area contributed by atoms with Crippen LogP contribution < -0.4 is 0 Å². The zero-order valence-electron chi connectivity index (χ0n) is 12.5. The Kier molecular flexibility index (Phi) is 5.00. The minimum absolute atomic E-state index is 0.207. The molecule has 1 heterocycles. The number of carbonyl (C=O) groups excluding carboxylic acids is 1. The molecule has 0 fully saturated rings. The molecule has 1 aromatic carbocycles. The molecule has 1 aromatic rings. The first-order chi connectivity index (χ1) is 9.97. The molecular formula is C15H21NO4S. The molecule has 0 N–H and O–H groups in total. The minimum Gasteiger partial charge on any atom is -0.465 e. The summed E-state index contributed by atoms with van der Waals surface area (Å²) in [6.07, 6.45) is 2.19. The van der Waals surface area contributed by atoms with Crippen molar-refractivity contribution in [3.63, 3.8) is 0 Å². The second kappa shape index (κ2) is 6.58. The van der Waals surface area contributed by atoms with Crippen molar-refractivity contribution in [1.82, 2.24) is 4.31 Å². The number of hydrogen-bond donors (Lipinski definition) is 0. The van der Waals surface area contributed by atoms with Crippen molar-refractivity contribution in [2.75, 3.05) is 19.4 Å². The van der Waals surface area contributed by atoms with Gasteiger partial charge in [-0.3, -0.25) is 0 Å². The van der Waals surface area contributed by atoms with E-state index in [1.165, 1.54) is 7.11 Å². The van der Waals surface area contributed by atoms with Gasteiger partial charge in [-0.2, -0.15) is 4.31 Å². The number of unbranched alkanes of at least 4 members (excludes halogenated alkanes) is 1. The number of ether oxygens (including phenoxy) is 1. The molecule has 2 rings (SSSR count). The lowest BCUT2D eigenvalue weighted by Gasteiger charge is -2.28. The molecule has 0 atom stereocenters. The van der Waals surface area contributed by atoms with Gasteiger partial charge in [0.15, 0.2) is 0 Å². The molecule has 0 amide bonds. The maximum Gasteiger partial charge on any atom is 0.337 e. The Labute approximate surface area is 126 Å². The normalized spacial score (nSPS) is 15.5. The molecule has 0 bridgehead atoms. The van der Waals surface area contributed by atoms with Gasteiger partial charge in [-0.25, -0.2) is 13.2 Å². The van der Waals surface area contributed by atoms with Crippen molar-refractivity contribution < 1.29 is 17.9 Å². The fraction of sp³-hybridized carbons (Fsp3) is 0.533. The molecule has 0 spiro atoms. The van der Waals surface area contributed by atoms with Gasteiger partial charge < -0.3 is 4.74 Å². The zero-order chi connectivity index (χ0) is 15.5. The SMILES string of the molecule is CCCCS(=O)(=O)N1CCc2cc(C(=O)OC)ccc2C1. The van der Waals surface area contributed by atoms with Crippen molar-refractivity contribution >= 4 is 16.0 Å². The zero-order valence-corrected chi connectivity index (χ0v) is 13.3. The van der Waals surface area contributed by atoms with Crippen LogP contribution >= 0.6 is 0 Å². The highest BCUT2D eigenvalue weighted by Crippen LogP contribution is 2.23. The number of hydrogen-bond acceptors (Lipinski definition) is 4. The van der Waals surface area contributed by atoms with Gasteiger partial charge in [0.25, 0.3) is 0 Å². The van der Waals surface area contributed by atoms with Gasteiger partial charge in [-0.05, 0) is 36.1 Å². The molecule has 0 aliphatic carbocycles. The van der Waals surface area contributed by atoms with E-state index in [-0.39, 0.29) is 11.7 Å². The van der Waals surface area contributed by atoms with Crippen LogP contribution in [0.2, 0.25) is 0 Å². The average molecular weight is 311 g/mol. The smallest absolute Gasteiger partial charge is 0.337 e. The Balaban J connectivity index is 2.16. The number of methoxy groups -OCH3 is 1. The second-order valence-corrected chi connectivity index (χ2v) is 7.32. The third-order valence-corrected chi connectivity index (χ3v) is 5.66. The summed E-state index contributed by atoms with van der Waals surface area (Å²) in [7, 11) is -1.83. The summed E-state index contributed by atoms with van der Waals surface area (Å²) in [5.74, 6) is -0.158. The molecular weight excluding hydrogens is 290 g/mol. The van der Waals surface area contributed by atoms with Crippen LogP contribution in [0.3, 0.4) is 0 Å². The second-order valence-electron chi connectivity index (χ2n) is 5.23. The maximum atomic E-state index is 12.2. The topological polar surface area (TPSA) is 63.7 Å². The summed E-state index contributed by atoms with van der Waals surface area (Å²) < 4.78 is 30.7. The van der Waals surface area contributed by atoms with Crippen LogP contribution in [0.25, 0.3) is 0 Å². The van der Waals surface area contributed by atoms with Crippen molar-refractivity contribution in [2.45, 2.75) is 32.7 Å². The third-order valence-electron chi connectivity index (χ3n) is 3.75. The lowest BCUT2D eigenvalue weighted by molar-refractivity contribution is 0.0600. The van der Waals surface area contributed by atoms with E-state index < -0.39 is 10.0 Å². The van der Waals surface area contributed by atoms with Gasteiger partial charge >= 0.3 is 5.97 Å². The van der Waals surface area contributed by atoms with Crippen LogP contribution in [-0.4, -0.2) is 38.1 Å². The van der Waals surface area contributed by atoms with Crippen LogP contribution in [0, 0.1) is 0 Å². The summed E-state index contributed by atoms with van der Waals surface area (Å²) in [5, 5.41) is 0. The first kappa shape index (κ1) is 16.0. The van der Waals surface area contributed by atoms with Crippen LogP contribution in [0.1, 0.15) is 41.3 Å². The Bertz CT molecular complexity index is 625. The molecule has 0 unspecified atom stereocenters. The average Bonchev–Trinajstić information content (AvgIpc) is 2.51. The quantitative estimate of drug-likeness (QED) is 0.780. The van der Waals surface area contributed by atoms with E-state index in [0.717, 1.165) is 17.5 Å². The van der Waals surface area contributed by atoms with E-state index in [1.54, 1.807) is 16.4 Å². The molecule has 1 aliphatic heterocycles. The van der Waals surface area contributed by atoms with Gasteiger partial charge in [0.2, 0.25) is 10.0 Å². The fourth-order valence-corrected chi connectivity index (χ4v) is 4.08. The summed E-state index contributed by atoms with van der Waals surface area (Å²) in [4.78, 5) is 11.5. The van der Waals surface area contributed by atoms with E-state index in [1.807, 2.05) is 13.0 Å². The van der Waals surface area contributed by atoms with Crippen LogP contribution in [0.5, 0.6) is 0 Å². The number of esters is 1. The summed E-state index contributed by atoms with van der Waals surface area (Å²) in [6, 6.07) is 5.31. The van der Waals surface area contributed by atoms with Gasteiger partial charge in [-0.1, -0.05) is 19.4 Å². The van der Waals surface area contributed by atoms with Gasteiger partial charge in [-0.15, -0.1) is 0 Å². The highest BCUT2D eigenvalue weighted by atomic mass is 32.2. The molecule has 0 aromatic heterocycles. The van der Waals surface area contributed by atoms with Crippen molar-refractivity contribution in [3.05, 3.63) is 34.9 Å². The standard InChI is InChI=1S/C15H21NO4S/c1-3-4-9-21(18,19)16-8-7-12-10-13(15(17)20-2)5-6-14(12)11-16/h5-6,10H,3-4,7-9,11H2,1-2H3. The number of carbonyl (C=O) groups is 1. The van der Waals surface area contributed by atoms with Crippen LogP contribution in [0.15, 0.2) is 18.2 Å². The van der Waals surface area contributed by atoms with Crippen molar-refractivity contribution in [1.29, 1.82) is 0 Å². The van der Waals surface area contributed by atoms with E-state index >= 15 is 0 Å². The number of benzene rings is 1. The predicted molar refractivity (Wildman–Crippen MR) is 80.6 cm³/mol. The summed E-state index contributed by atoms with van der Waals surface area (Å²) in [5.41, 5.74) is 2.51. The molecule has 0 radical (unpaired) electrons. The maximum absolute atomic E-state index is 12.2. The van der Waals surface area contributed by atoms with Crippen LogP contribution in [0.4, 0.5) is 0 Å². The lowest BCUT2D eigenvalue weighted by Crippen LogP contribution is -2.37. The Morgan fingerprint density at radius 2 is 2.10 bits per heavy atom. The molecule has 1 aliphatic rings. The molecule has 0 saturated heterocycles. The summed E-state index contributed by atoms with van der Waals surface area (Å²) >= 11 is 0. The van der Waals surface area contributed by atoms with E-state index in [0.29, 0.717) is 31.5 Å². The highest BCUT2D eigenvalue weighted by Gasteiger charge is 2.26. The number of sulfonamides is 1. The number of fused-ring (bicyclic) bond motifs is 1. The number of nitrogens with zero attached hydrogens (tertiary/aromatic N) is 1. The Morgan fingerprint density at radius 3 is 2.76 bits per heavy atom. The van der Waals surface area contributed by atoms with Crippen molar-refractivity contribution in [3.8, 4) is 0 Å². The highest BCUT2D eigenvalue weighted by molar-refractivity contribution is 7.89. The molecule has 0 saturated carbocycles. The predicted octanol–water partition coefficient (Wildman–Crippen LogP) is 1.96. The monoisotopic (exact) mass is 311 g/mol. The van der Waals surface area contributed by atoms with Gasteiger partial charge in [0.05, 0.1) is 18.4 Å². The lowest BCUT2D eigenvalue weighted by atomic mass is 9.98. The third kappa shape index (κ3) is 3.63. The van der Waals surface area contributed by atoms with Crippen LogP contribution in [-0.2, 0) is 27.7 Å². The first-order valence-corrected chi connectivity index (χ1v) is 8.76. The summed E-state index contributed by atoms with van der Waals surface area (Å²) in [6.45, 7) is 2.85. The minimum atomic E-state index is -3.18. The molecule has 21 heavy (non-hydrogen) atoms. The Morgan fingerprint density at radius 1 is 1.33 bits per heavy atom. The molecule has 116 valence electrons. The van der Waals surface area contributed by atoms with E-state index in [9.17, 15) is 13.2 Å². The van der Waals surface area contributed by atoms with Gasteiger partial charge in [0, 0.05) is 13.1 Å². The Hall–Kier alpha value is -1.40. The first-order valence-electron chi connectivity index (χ1n) is 7.16.